The summed E-state index contributed by atoms with van der Waals surface area (Å²) in [7, 11) is 0.716. The van der Waals surface area contributed by atoms with Crippen LogP contribution >= 0.6 is 30.5 Å². The number of rotatable bonds is 2. The Morgan fingerprint density at radius 3 is 3.00 bits per heavy atom. The molecule has 0 aliphatic heterocycles. The lowest BCUT2D eigenvalue weighted by Crippen LogP contribution is -1.91. The fourth-order valence-corrected chi connectivity index (χ4v) is 3.50. The first-order chi connectivity index (χ1) is 6.65. The van der Waals surface area contributed by atoms with E-state index in [-0.39, 0.29) is 0 Å². The third-order valence-electron chi connectivity index (χ3n) is 2.10. The molecule has 1 unspecified atom stereocenters. The van der Waals surface area contributed by atoms with Crippen molar-refractivity contribution < 1.29 is 0 Å². The Balaban J connectivity index is 2.64. The van der Waals surface area contributed by atoms with Gasteiger partial charge in [-0.2, -0.15) is 0 Å². The maximum atomic E-state index is 4.70. The summed E-state index contributed by atoms with van der Waals surface area (Å²) in [5.74, 6) is 0. The number of fused-ring (bicyclic) bond motifs is 1. The summed E-state index contributed by atoms with van der Waals surface area (Å²) in [6, 6.07) is 6.02. The molecule has 2 rings (SSSR count). The quantitative estimate of drug-likeness (QED) is 0.645. The molecule has 0 spiro atoms. The summed E-state index contributed by atoms with van der Waals surface area (Å²) < 4.78 is 2.11. The lowest BCUT2D eigenvalue weighted by molar-refractivity contribution is 1.05. The van der Waals surface area contributed by atoms with Crippen molar-refractivity contribution in [3.63, 3.8) is 0 Å². The molecule has 5 heteroatoms. The van der Waals surface area contributed by atoms with Gasteiger partial charge in [0.1, 0.15) is 5.65 Å². The Bertz CT molecular complexity index is 450. The molecule has 0 bridgehead atoms. The van der Waals surface area contributed by atoms with Crippen LogP contribution in [0.25, 0.3) is 5.65 Å². The van der Waals surface area contributed by atoms with Crippen molar-refractivity contribution in [1.29, 1.82) is 0 Å². The highest BCUT2D eigenvalue weighted by atomic mass is 33.5. The van der Waals surface area contributed by atoms with Crippen molar-refractivity contribution in [2.24, 2.45) is 0 Å². The first kappa shape index (κ1) is 10.3. The van der Waals surface area contributed by atoms with Crippen LogP contribution in [0.15, 0.2) is 35.6 Å². The van der Waals surface area contributed by atoms with Crippen molar-refractivity contribution in [3.8, 4) is 0 Å². The van der Waals surface area contributed by atoms with Crippen molar-refractivity contribution in [1.82, 2.24) is 9.38 Å². The first-order valence-corrected chi connectivity index (χ1v) is 8.97. The molecule has 1 atom stereocenters. The lowest BCUT2D eigenvalue weighted by Gasteiger charge is -2.25. The summed E-state index contributed by atoms with van der Waals surface area (Å²) in [5.41, 5.74) is 0.990. The van der Waals surface area contributed by atoms with Crippen LogP contribution in [0.2, 0.25) is 0 Å². The van der Waals surface area contributed by atoms with Gasteiger partial charge in [0.2, 0.25) is 0 Å². The topological polar surface area (TPSA) is 17.3 Å². The molecule has 76 valence electrons. The molecule has 0 amide bonds. The second-order valence-electron chi connectivity index (χ2n) is 2.99. The van der Waals surface area contributed by atoms with Gasteiger partial charge in [-0.1, -0.05) is 6.07 Å². The van der Waals surface area contributed by atoms with Crippen LogP contribution in [0.4, 0.5) is 0 Å². The van der Waals surface area contributed by atoms with Crippen molar-refractivity contribution in [2.75, 3.05) is 12.5 Å². The third-order valence-corrected chi connectivity index (χ3v) is 8.19. The standard InChI is InChI=1S/C9H12N2S3/c1-13-14(2,12)9-7-10-8-5-3-4-6-11(8)9/h3-7,12H,1-2H3. The van der Waals surface area contributed by atoms with Crippen LogP contribution in [0, 0.1) is 0 Å². The maximum Gasteiger partial charge on any atom is 0.137 e. The van der Waals surface area contributed by atoms with E-state index in [1.54, 1.807) is 10.8 Å². The van der Waals surface area contributed by atoms with Crippen LogP contribution in [0.3, 0.4) is 0 Å². The molecule has 0 saturated heterocycles. The molecule has 0 radical (unpaired) electrons. The van der Waals surface area contributed by atoms with Gasteiger partial charge in [0.25, 0.3) is 0 Å². The molecule has 0 fully saturated rings. The zero-order chi connectivity index (χ0) is 10.2. The molecular weight excluding hydrogens is 232 g/mol. The van der Waals surface area contributed by atoms with E-state index in [1.807, 2.05) is 30.6 Å². The number of imidazole rings is 1. The summed E-state index contributed by atoms with van der Waals surface area (Å²) >= 11 is 4.70. The molecule has 0 aliphatic rings. The van der Waals surface area contributed by atoms with E-state index in [0.29, 0.717) is 0 Å². The Morgan fingerprint density at radius 1 is 1.50 bits per heavy atom. The Morgan fingerprint density at radius 2 is 2.29 bits per heavy atom. The van der Waals surface area contributed by atoms with E-state index in [9.17, 15) is 0 Å². The van der Waals surface area contributed by atoms with Gasteiger partial charge in [-0.25, -0.2) is 4.98 Å². The number of nitrogens with zero attached hydrogens (tertiary/aromatic N) is 2. The fraction of sp³-hybridized carbons (Fsp3) is 0.222. The summed E-state index contributed by atoms with van der Waals surface area (Å²) in [5, 5.41) is 1.20. The van der Waals surface area contributed by atoms with Gasteiger partial charge < -0.3 is 0 Å². The zero-order valence-corrected chi connectivity index (χ0v) is 10.6. The third kappa shape index (κ3) is 1.64. The van der Waals surface area contributed by atoms with E-state index in [0.717, 1.165) is 5.65 Å². The lowest BCUT2D eigenvalue weighted by atomic mass is 10.5. The van der Waals surface area contributed by atoms with Crippen LogP contribution in [-0.4, -0.2) is 21.9 Å². The molecular formula is C9H12N2S3. The maximum absolute atomic E-state index is 4.70. The summed E-state index contributed by atoms with van der Waals surface area (Å²) in [4.78, 5) is 4.35. The minimum absolute atomic E-state index is 0.990. The predicted octanol–water partition coefficient (Wildman–Crippen LogP) is 3.25. The normalized spacial score (nSPS) is 17.9. The predicted molar refractivity (Wildman–Crippen MR) is 69.5 cm³/mol. The largest absolute Gasteiger partial charge is 0.295 e. The minimum Gasteiger partial charge on any atom is -0.295 e. The van der Waals surface area contributed by atoms with E-state index >= 15 is 0 Å². The van der Waals surface area contributed by atoms with E-state index in [1.165, 1.54) is 5.03 Å². The fourth-order valence-electron chi connectivity index (χ4n) is 1.27. The molecule has 14 heavy (non-hydrogen) atoms. The monoisotopic (exact) mass is 244 g/mol. The second-order valence-corrected chi connectivity index (χ2v) is 11.3. The number of hydrogen-bond donors (Lipinski definition) is 1. The van der Waals surface area contributed by atoms with E-state index in [2.05, 4.69) is 21.9 Å². The highest BCUT2D eigenvalue weighted by Gasteiger charge is 2.18. The summed E-state index contributed by atoms with van der Waals surface area (Å²) in [6.07, 6.45) is 8.21. The van der Waals surface area contributed by atoms with E-state index < -0.39 is 8.09 Å². The zero-order valence-electron chi connectivity index (χ0n) is 8.04. The van der Waals surface area contributed by atoms with Crippen LogP contribution in [0.1, 0.15) is 0 Å². The smallest absolute Gasteiger partial charge is 0.137 e. The molecule has 0 aliphatic carbocycles. The molecule has 0 N–H and O–H groups in total. The van der Waals surface area contributed by atoms with Gasteiger partial charge >= 0.3 is 0 Å². The van der Waals surface area contributed by atoms with Gasteiger partial charge in [-0.3, -0.25) is 4.40 Å². The van der Waals surface area contributed by atoms with Gasteiger partial charge in [-0.05, 0) is 24.6 Å². The van der Waals surface area contributed by atoms with Crippen LogP contribution in [-0.2, 0) is 0 Å². The average Bonchev–Trinajstić information content (AvgIpc) is 2.61. The second kappa shape index (κ2) is 3.72. The first-order valence-electron chi connectivity index (χ1n) is 4.13. The van der Waals surface area contributed by atoms with Crippen LogP contribution in [0.5, 0.6) is 0 Å². The molecule has 0 saturated carbocycles. The van der Waals surface area contributed by atoms with Gasteiger partial charge in [0, 0.05) is 6.20 Å². The summed E-state index contributed by atoms with van der Waals surface area (Å²) in [6.45, 7) is 0. The minimum atomic E-state index is -1.07. The SMILES string of the molecule is CSS(C)(S)c1cnc2ccccn12. The molecule has 2 heterocycles. The highest BCUT2D eigenvalue weighted by molar-refractivity contribution is 9.21. The number of thiol groups is 1. The van der Waals surface area contributed by atoms with Gasteiger partial charge in [-0.15, -0.1) is 30.5 Å². The Hall–Kier alpha value is -0.260. The number of hydrogen-bond acceptors (Lipinski definition) is 3. The molecule has 2 aromatic rings. The van der Waals surface area contributed by atoms with Gasteiger partial charge in [0.15, 0.2) is 0 Å². The molecule has 0 aromatic carbocycles. The van der Waals surface area contributed by atoms with Crippen molar-refractivity contribution >= 4 is 36.2 Å². The Kier molecular flexibility index (Phi) is 2.72. The number of aromatic nitrogens is 2. The van der Waals surface area contributed by atoms with Gasteiger partial charge in [0.05, 0.1) is 11.2 Å². The van der Waals surface area contributed by atoms with Crippen molar-refractivity contribution in [3.05, 3.63) is 30.6 Å². The highest BCUT2D eigenvalue weighted by Crippen LogP contribution is 2.65. The molecule has 2 nitrogen and oxygen atoms in total. The van der Waals surface area contributed by atoms with E-state index in [4.69, 9.17) is 11.7 Å². The number of pyridine rings is 1. The van der Waals surface area contributed by atoms with Crippen LogP contribution < -0.4 is 0 Å². The van der Waals surface area contributed by atoms with Crippen molar-refractivity contribution in [2.45, 2.75) is 5.03 Å². The average molecular weight is 244 g/mol. The molecule has 2 aromatic heterocycles. The Labute approximate surface area is 93.6 Å².